The minimum atomic E-state index is -0.840. The van der Waals surface area contributed by atoms with Crippen molar-refractivity contribution in [3.63, 3.8) is 0 Å². The first-order valence-electron chi connectivity index (χ1n) is 5.78. The van der Waals surface area contributed by atoms with Crippen LogP contribution in [0.3, 0.4) is 0 Å². The molecule has 1 fully saturated rings. The van der Waals surface area contributed by atoms with Gasteiger partial charge in [-0.1, -0.05) is 22.8 Å². The molecule has 4 atom stereocenters. The van der Waals surface area contributed by atoms with Crippen LogP contribution in [-0.2, 0) is 19.0 Å². The number of rotatable bonds is 2. The molecule has 1 aliphatic carbocycles. The van der Waals surface area contributed by atoms with Crippen LogP contribution >= 0.6 is 11.6 Å². The third kappa shape index (κ3) is 2.84. The second-order valence-corrected chi connectivity index (χ2v) is 5.28. The first-order valence-corrected chi connectivity index (χ1v) is 6.16. The number of nitrogens with zero attached hydrogens (tertiary/aromatic N) is 3. The summed E-state index contributed by atoms with van der Waals surface area (Å²) in [7, 11) is 0. The van der Waals surface area contributed by atoms with Gasteiger partial charge in [-0.05, 0) is 19.4 Å². The molecule has 7 nitrogen and oxygen atoms in total. The van der Waals surface area contributed by atoms with E-state index in [1.165, 1.54) is 13.0 Å². The third-order valence-electron chi connectivity index (χ3n) is 2.88. The van der Waals surface area contributed by atoms with E-state index < -0.39 is 36.1 Å². The van der Waals surface area contributed by atoms with Gasteiger partial charge in [0.15, 0.2) is 5.79 Å². The summed E-state index contributed by atoms with van der Waals surface area (Å²) in [6, 6.07) is -0.708. The van der Waals surface area contributed by atoms with Crippen LogP contribution < -0.4 is 0 Å². The van der Waals surface area contributed by atoms with Gasteiger partial charge in [0, 0.05) is 16.9 Å². The first kappa shape index (κ1) is 14.1. The summed E-state index contributed by atoms with van der Waals surface area (Å²) >= 11 is 6.11. The third-order valence-corrected chi connectivity index (χ3v) is 3.22. The van der Waals surface area contributed by atoms with E-state index in [9.17, 15) is 4.79 Å². The van der Waals surface area contributed by atoms with E-state index >= 15 is 0 Å². The maximum absolute atomic E-state index is 11.2. The molecule has 2 aliphatic rings. The van der Waals surface area contributed by atoms with Crippen molar-refractivity contribution in [1.82, 2.24) is 0 Å². The van der Waals surface area contributed by atoms with Gasteiger partial charge >= 0.3 is 5.97 Å². The van der Waals surface area contributed by atoms with Crippen molar-refractivity contribution >= 4 is 17.6 Å². The van der Waals surface area contributed by atoms with Crippen LogP contribution in [0.4, 0.5) is 0 Å². The SMILES string of the molecule is CC(=O)O[C@H]1[C@@H]2OC(C)(C)O[C@@H]2C(Cl)=C[C@@H]1N=[N+]=[N-]. The molecule has 2 rings (SSSR count). The van der Waals surface area contributed by atoms with Gasteiger partial charge in [-0.15, -0.1) is 0 Å². The average Bonchev–Trinajstić information content (AvgIpc) is 2.60. The first-order chi connectivity index (χ1) is 8.84. The van der Waals surface area contributed by atoms with Gasteiger partial charge in [0.05, 0.1) is 6.04 Å². The number of halogens is 1. The molecule has 0 unspecified atom stereocenters. The van der Waals surface area contributed by atoms with Crippen LogP contribution in [0.5, 0.6) is 0 Å². The highest BCUT2D eigenvalue weighted by Crippen LogP contribution is 2.40. The minimum absolute atomic E-state index is 0.386. The summed E-state index contributed by atoms with van der Waals surface area (Å²) in [6.07, 6.45) is -0.332. The lowest BCUT2D eigenvalue weighted by atomic mass is 9.94. The van der Waals surface area contributed by atoms with Crippen LogP contribution in [-0.4, -0.2) is 36.1 Å². The van der Waals surface area contributed by atoms with E-state index in [1.807, 2.05) is 0 Å². The molecule has 0 amide bonds. The van der Waals surface area contributed by atoms with Crippen molar-refractivity contribution in [3.05, 3.63) is 21.6 Å². The molecule has 8 heteroatoms. The molecule has 0 aromatic carbocycles. The molecule has 104 valence electrons. The maximum atomic E-state index is 11.2. The molecule has 19 heavy (non-hydrogen) atoms. The zero-order valence-electron chi connectivity index (χ0n) is 10.7. The monoisotopic (exact) mass is 287 g/mol. The predicted octanol–water partition coefficient (Wildman–Crippen LogP) is 2.25. The van der Waals surface area contributed by atoms with Gasteiger partial charge in [0.2, 0.25) is 0 Å². The number of esters is 1. The highest BCUT2D eigenvalue weighted by molar-refractivity contribution is 6.30. The highest BCUT2D eigenvalue weighted by Gasteiger charge is 2.52. The van der Waals surface area contributed by atoms with Crippen LogP contribution in [0.15, 0.2) is 16.2 Å². The fraction of sp³-hybridized carbons (Fsp3) is 0.727. The normalized spacial score (nSPS) is 35.9. The van der Waals surface area contributed by atoms with E-state index in [2.05, 4.69) is 10.0 Å². The Morgan fingerprint density at radius 2 is 2.26 bits per heavy atom. The molecule has 0 radical (unpaired) electrons. The Morgan fingerprint density at radius 1 is 1.58 bits per heavy atom. The predicted molar refractivity (Wildman–Crippen MR) is 66.2 cm³/mol. The van der Waals surface area contributed by atoms with Gasteiger partial charge in [-0.2, -0.15) is 0 Å². The molecule has 0 bridgehead atoms. The minimum Gasteiger partial charge on any atom is -0.459 e. The number of ether oxygens (including phenoxy) is 3. The Bertz CT molecular complexity index is 473. The smallest absolute Gasteiger partial charge is 0.303 e. The Labute approximate surface area is 115 Å². The second kappa shape index (κ2) is 5.02. The molecule has 0 spiro atoms. The molecule has 0 saturated carbocycles. The lowest BCUT2D eigenvalue weighted by Crippen LogP contribution is -2.47. The van der Waals surface area contributed by atoms with E-state index in [-0.39, 0.29) is 0 Å². The van der Waals surface area contributed by atoms with Crippen molar-refractivity contribution in [1.29, 1.82) is 0 Å². The lowest BCUT2D eigenvalue weighted by Gasteiger charge is -2.32. The Morgan fingerprint density at radius 3 is 2.84 bits per heavy atom. The molecule has 1 heterocycles. The topological polar surface area (TPSA) is 93.5 Å². The van der Waals surface area contributed by atoms with Crippen molar-refractivity contribution in [2.75, 3.05) is 0 Å². The second-order valence-electron chi connectivity index (χ2n) is 4.84. The summed E-state index contributed by atoms with van der Waals surface area (Å²) in [5.74, 6) is -1.32. The van der Waals surface area contributed by atoms with E-state index in [1.54, 1.807) is 13.8 Å². The summed E-state index contributed by atoms with van der Waals surface area (Å²) in [4.78, 5) is 13.9. The van der Waals surface area contributed by atoms with Gasteiger partial charge in [0.1, 0.15) is 18.3 Å². The van der Waals surface area contributed by atoms with Crippen LogP contribution in [0.2, 0.25) is 0 Å². The highest BCUT2D eigenvalue weighted by atomic mass is 35.5. The molecule has 0 N–H and O–H groups in total. The number of azide groups is 1. The summed E-state index contributed by atoms with van der Waals surface area (Å²) in [6.45, 7) is 4.76. The van der Waals surface area contributed by atoms with E-state index in [0.29, 0.717) is 5.03 Å². The number of hydrogen-bond donors (Lipinski definition) is 0. The van der Waals surface area contributed by atoms with Crippen molar-refractivity contribution in [3.8, 4) is 0 Å². The molecule has 1 aliphatic heterocycles. The fourth-order valence-corrected chi connectivity index (χ4v) is 2.57. The maximum Gasteiger partial charge on any atom is 0.303 e. The Balaban J connectivity index is 2.35. The van der Waals surface area contributed by atoms with Gasteiger partial charge in [-0.25, -0.2) is 0 Å². The summed E-state index contributed by atoms with van der Waals surface area (Å²) in [5, 5.41) is 3.97. The van der Waals surface area contributed by atoms with Crippen molar-refractivity contribution < 1.29 is 19.0 Å². The van der Waals surface area contributed by atoms with Crippen molar-refractivity contribution in [2.45, 2.75) is 50.9 Å². The number of carbonyl (C=O) groups is 1. The number of carbonyl (C=O) groups excluding carboxylic acids is 1. The molecule has 0 aromatic heterocycles. The quantitative estimate of drug-likeness (QED) is 0.337. The Kier molecular flexibility index (Phi) is 3.73. The van der Waals surface area contributed by atoms with E-state index in [4.69, 9.17) is 31.3 Å². The van der Waals surface area contributed by atoms with Crippen molar-refractivity contribution in [2.24, 2.45) is 5.11 Å². The van der Waals surface area contributed by atoms with Gasteiger partial charge in [-0.3, -0.25) is 4.79 Å². The summed E-state index contributed by atoms with van der Waals surface area (Å²) in [5.41, 5.74) is 8.57. The van der Waals surface area contributed by atoms with Crippen LogP contribution in [0, 0.1) is 0 Å². The largest absolute Gasteiger partial charge is 0.459 e. The molecule has 0 aromatic rings. The van der Waals surface area contributed by atoms with Crippen LogP contribution in [0.1, 0.15) is 20.8 Å². The molecule has 1 saturated heterocycles. The average molecular weight is 288 g/mol. The Hall–Kier alpha value is -1.27. The number of fused-ring (bicyclic) bond motifs is 1. The lowest BCUT2D eigenvalue weighted by molar-refractivity contribution is -0.169. The van der Waals surface area contributed by atoms with Gasteiger partial charge < -0.3 is 14.2 Å². The summed E-state index contributed by atoms with van der Waals surface area (Å²) < 4.78 is 16.6. The van der Waals surface area contributed by atoms with Gasteiger partial charge in [0.25, 0.3) is 0 Å². The zero-order chi connectivity index (χ0) is 14.2. The standard InChI is InChI=1S/C11H14ClN3O4/c1-5(16)17-9-7(14-15-13)4-6(12)8-10(9)19-11(2,3)18-8/h4,7-10H,1-3H3/t7-,8+,9+,10+/m0/s1. The molecular weight excluding hydrogens is 274 g/mol. The molecular formula is C11H14ClN3O4. The number of hydrogen-bond acceptors (Lipinski definition) is 5. The van der Waals surface area contributed by atoms with Crippen LogP contribution in [0.25, 0.3) is 10.4 Å². The fourth-order valence-electron chi connectivity index (χ4n) is 2.28. The van der Waals surface area contributed by atoms with E-state index in [0.717, 1.165) is 0 Å². The zero-order valence-corrected chi connectivity index (χ0v) is 11.5.